The van der Waals surface area contributed by atoms with Gasteiger partial charge in [0.2, 0.25) is 0 Å². The molecule has 0 amide bonds. The average Bonchev–Trinajstić information content (AvgIpc) is 3.03. The van der Waals surface area contributed by atoms with Gasteiger partial charge in [0.1, 0.15) is 11.6 Å². The number of H-pyrrole nitrogens is 1. The SMILES string of the molecule is CC1(C)CC(=O)C2=C(C1)Nc1[nH]n(-c3ccccc3)c(=O)c1[C@@H]2c1ccc(F)cc1. The van der Waals surface area contributed by atoms with Crippen LogP contribution in [0.25, 0.3) is 5.69 Å². The number of para-hydroxylation sites is 1. The van der Waals surface area contributed by atoms with E-state index in [1.165, 1.54) is 16.8 Å². The van der Waals surface area contributed by atoms with Gasteiger partial charge in [-0.1, -0.05) is 44.2 Å². The number of nitrogens with zero attached hydrogens (tertiary/aromatic N) is 1. The lowest BCUT2D eigenvalue weighted by molar-refractivity contribution is -0.118. The van der Waals surface area contributed by atoms with Crippen LogP contribution < -0.4 is 10.9 Å². The summed E-state index contributed by atoms with van der Waals surface area (Å²) in [5.41, 5.74) is 2.98. The van der Waals surface area contributed by atoms with Crippen molar-refractivity contribution in [3.05, 3.63) is 93.2 Å². The van der Waals surface area contributed by atoms with Gasteiger partial charge in [-0.05, 0) is 41.7 Å². The zero-order chi connectivity index (χ0) is 21.0. The van der Waals surface area contributed by atoms with Crippen LogP contribution >= 0.6 is 0 Å². The van der Waals surface area contributed by atoms with Crippen LogP contribution in [0.4, 0.5) is 10.2 Å². The molecule has 1 aliphatic carbocycles. The van der Waals surface area contributed by atoms with Crippen molar-refractivity contribution >= 4 is 11.6 Å². The Morgan fingerprint density at radius 3 is 2.40 bits per heavy atom. The summed E-state index contributed by atoms with van der Waals surface area (Å²) in [5, 5.41) is 6.51. The number of anilines is 1. The maximum atomic E-state index is 13.6. The largest absolute Gasteiger partial charge is 0.343 e. The Morgan fingerprint density at radius 1 is 1.00 bits per heavy atom. The van der Waals surface area contributed by atoms with Gasteiger partial charge in [0, 0.05) is 23.6 Å². The fourth-order valence-electron chi connectivity index (χ4n) is 4.64. The van der Waals surface area contributed by atoms with Crippen LogP contribution in [-0.2, 0) is 4.79 Å². The number of Topliss-reactive ketones (excluding diaryl/α,β-unsaturated/α-hetero) is 1. The smallest absolute Gasteiger partial charge is 0.277 e. The van der Waals surface area contributed by atoms with E-state index in [2.05, 4.69) is 24.3 Å². The minimum atomic E-state index is -0.533. The summed E-state index contributed by atoms with van der Waals surface area (Å²) in [7, 11) is 0. The molecule has 0 radical (unpaired) electrons. The van der Waals surface area contributed by atoms with Crippen LogP contribution in [0.15, 0.2) is 70.7 Å². The molecule has 30 heavy (non-hydrogen) atoms. The molecule has 1 aromatic heterocycles. The number of carbonyl (C=O) groups is 1. The number of aromatic amines is 1. The van der Waals surface area contributed by atoms with Gasteiger partial charge in [-0.2, -0.15) is 0 Å². The van der Waals surface area contributed by atoms with E-state index in [-0.39, 0.29) is 22.6 Å². The van der Waals surface area contributed by atoms with Crippen LogP contribution in [0, 0.1) is 11.2 Å². The van der Waals surface area contributed by atoms with E-state index >= 15 is 0 Å². The summed E-state index contributed by atoms with van der Waals surface area (Å²) in [4.78, 5) is 26.7. The lowest BCUT2D eigenvalue weighted by Crippen LogP contribution is -2.35. The third-order valence-corrected chi connectivity index (χ3v) is 5.92. The van der Waals surface area contributed by atoms with Crippen molar-refractivity contribution in [2.24, 2.45) is 5.41 Å². The van der Waals surface area contributed by atoms with Crippen molar-refractivity contribution in [3.63, 3.8) is 0 Å². The molecule has 2 heterocycles. The molecular weight excluding hydrogens is 381 g/mol. The molecule has 0 fully saturated rings. The van der Waals surface area contributed by atoms with E-state index in [1.807, 2.05) is 30.3 Å². The highest BCUT2D eigenvalue weighted by Crippen LogP contribution is 2.47. The van der Waals surface area contributed by atoms with Crippen LogP contribution in [0.1, 0.15) is 43.7 Å². The van der Waals surface area contributed by atoms with E-state index < -0.39 is 5.92 Å². The summed E-state index contributed by atoms with van der Waals surface area (Å²) in [6, 6.07) is 15.4. The van der Waals surface area contributed by atoms with Crippen LogP contribution in [-0.4, -0.2) is 15.6 Å². The number of rotatable bonds is 2. The molecule has 0 unspecified atom stereocenters. The maximum absolute atomic E-state index is 13.6. The summed E-state index contributed by atoms with van der Waals surface area (Å²) >= 11 is 0. The van der Waals surface area contributed by atoms with Gasteiger partial charge >= 0.3 is 0 Å². The first-order valence-corrected chi connectivity index (χ1v) is 10.0. The number of hydrogen-bond acceptors (Lipinski definition) is 3. The molecule has 2 N–H and O–H groups in total. The Bertz CT molecular complexity index is 1230. The van der Waals surface area contributed by atoms with Gasteiger partial charge in [-0.3, -0.25) is 14.7 Å². The number of benzene rings is 2. The summed E-state index contributed by atoms with van der Waals surface area (Å²) in [6.07, 6.45) is 1.11. The Kier molecular flexibility index (Phi) is 4.07. The van der Waals surface area contributed by atoms with Gasteiger partial charge in [0.05, 0.1) is 11.3 Å². The van der Waals surface area contributed by atoms with Crippen molar-refractivity contribution in [1.29, 1.82) is 0 Å². The monoisotopic (exact) mass is 403 g/mol. The minimum Gasteiger partial charge on any atom is -0.343 e. The Balaban J connectivity index is 1.74. The molecule has 2 aromatic carbocycles. The molecule has 152 valence electrons. The maximum Gasteiger partial charge on any atom is 0.277 e. The van der Waals surface area contributed by atoms with Crippen molar-refractivity contribution in [3.8, 4) is 5.69 Å². The number of nitrogens with one attached hydrogen (secondary N) is 2. The Morgan fingerprint density at radius 2 is 1.70 bits per heavy atom. The zero-order valence-corrected chi connectivity index (χ0v) is 16.8. The van der Waals surface area contributed by atoms with Gasteiger partial charge in [-0.25, -0.2) is 9.07 Å². The van der Waals surface area contributed by atoms with Gasteiger partial charge < -0.3 is 5.32 Å². The molecule has 3 aromatic rings. The van der Waals surface area contributed by atoms with Gasteiger partial charge in [0.15, 0.2) is 5.78 Å². The van der Waals surface area contributed by atoms with E-state index in [0.717, 1.165) is 11.3 Å². The first-order chi connectivity index (χ1) is 14.3. The third-order valence-electron chi connectivity index (χ3n) is 5.92. The number of aromatic nitrogens is 2. The van der Waals surface area contributed by atoms with Gasteiger partial charge in [0.25, 0.3) is 5.56 Å². The highest BCUT2D eigenvalue weighted by Gasteiger charge is 2.42. The zero-order valence-electron chi connectivity index (χ0n) is 16.8. The molecule has 5 rings (SSSR count). The molecule has 1 atom stereocenters. The number of ketones is 1. The molecule has 0 spiro atoms. The van der Waals surface area contributed by atoms with Crippen LogP contribution in [0.3, 0.4) is 0 Å². The molecule has 5 nitrogen and oxygen atoms in total. The second-order valence-corrected chi connectivity index (χ2v) is 8.82. The number of allylic oxidation sites excluding steroid dienone is 2. The van der Waals surface area contributed by atoms with Crippen LogP contribution in [0.2, 0.25) is 0 Å². The fraction of sp³-hybridized carbons (Fsp3) is 0.250. The molecule has 2 aliphatic rings. The van der Waals surface area contributed by atoms with Crippen LogP contribution in [0.5, 0.6) is 0 Å². The number of halogens is 1. The Hall–Kier alpha value is -3.41. The lowest BCUT2D eigenvalue weighted by atomic mass is 9.69. The number of hydrogen-bond donors (Lipinski definition) is 2. The van der Waals surface area contributed by atoms with Crippen molar-refractivity contribution in [2.45, 2.75) is 32.6 Å². The van der Waals surface area contributed by atoms with E-state index in [4.69, 9.17) is 0 Å². The lowest BCUT2D eigenvalue weighted by Gasteiger charge is -2.37. The summed E-state index contributed by atoms with van der Waals surface area (Å²) in [6.45, 7) is 4.13. The summed E-state index contributed by atoms with van der Waals surface area (Å²) in [5.74, 6) is -0.272. The van der Waals surface area contributed by atoms with Gasteiger partial charge in [-0.15, -0.1) is 0 Å². The van der Waals surface area contributed by atoms with E-state index in [9.17, 15) is 14.0 Å². The first-order valence-electron chi connectivity index (χ1n) is 10.0. The molecule has 0 saturated carbocycles. The number of carbonyl (C=O) groups excluding carboxylic acids is 1. The highest BCUT2D eigenvalue weighted by molar-refractivity contribution is 6.01. The van der Waals surface area contributed by atoms with Crippen molar-refractivity contribution < 1.29 is 9.18 Å². The minimum absolute atomic E-state index is 0.0283. The average molecular weight is 403 g/mol. The van der Waals surface area contributed by atoms with Crippen molar-refractivity contribution in [2.75, 3.05) is 5.32 Å². The quantitative estimate of drug-likeness (QED) is 0.662. The second kappa shape index (κ2) is 6.55. The molecule has 0 bridgehead atoms. The molecule has 0 saturated heterocycles. The first kappa shape index (κ1) is 18.6. The number of fused-ring (bicyclic) bond motifs is 1. The Labute approximate surface area is 173 Å². The second-order valence-electron chi connectivity index (χ2n) is 8.82. The predicted molar refractivity (Wildman–Crippen MR) is 113 cm³/mol. The molecular formula is C24H22FN3O2. The van der Waals surface area contributed by atoms with Crippen molar-refractivity contribution in [1.82, 2.24) is 9.78 Å². The molecule has 6 heteroatoms. The normalized spacial score (nSPS) is 19.8. The fourth-order valence-corrected chi connectivity index (χ4v) is 4.64. The summed E-state index contributed by atoms with van der Waals surface area (Å²) < 4.78 is 15.1. The topological polar surface area (TPSA) is 66.9 Å². The standard InChI is InChI=1S/C24H22FN3O2/c1-24(2)12-17-20(18(29)13-24)19(14-8-10-15(25)11-9-14)21-22(26-17)27-28(23(21)30)16-6-4-3-5-7-16/h3-11,19,26-27H,12-13H2,1-2H3/t19-/m1/s1. The third kappa shape index (κ3) is 2.91. The van der Waals surface area contributed by atoms with E-state index in [0.29, 0.717) is 35.5 Å². The van der Waals surface area contributed by atoms with E-state index in [1.54, 1.807) is 12.1 Å². The highest BCUT2D eigenvalue weighted by atomic mass is 19.1. The predicted octanol–water partition coefficient (Wildman–Crippen LogP) is 4.51. The molecule has 1 aliphatic heterocycles.